The number of likely N-dealkylation sites (tertiary alicyclic amines) is 1. The summed E-state index contributed by atoms with van der Waals surface area (Å²) in [6, 6.07) is 3.86. The van der Waals surface area contributed by atoms with Crippen molar-refractivity contribution in [1.82, 2.24) is 4.90 Å². The molecule has 1 aliphatic heterocycles. The van der Waals surface area contributed by atoms with Gasteiger partial charge in [-0.25, -0.2) is 0 Å². The van der Waals surface area contributed by atoms with Gasteiger partial charge in [-0.3, -0.25) is 4.79 Å². The third-order valence-corrected chi connectivity index (χ3v) is 4.60. The second-order valence-corrected chi connectivity index (χ2v) is 6.53. The standard InChI is InChI=1S/C17H25BrN2O3/c1-3-22-15-8-12(14(18)10-16(15)23-4-2)9-17(21)20-7-5-6-13(19)11-20/h8,10,13H,3-7,9,11,19H2,1-2H3. The lowest BCUT2D eigenvalue weighted by atomic mass is 10.0. The molecule has 6 heteroatoms. The van der Waals surface area contributed by atoms with Gasteiger partial charge in [0.25, 0.3) is 0 Å². The molecule has 0 aliphatic carbocycles. The summed E-state index contributed by atoms with van der Waals surface area (Å²) < 4.78 is 12.1. The molecular formula is C17H25BrN2O3. The van der Waals surface area contributed by atoms with Gasteiger partial charge in [-0.15, -0.1) is 0 Å². The Labute approximate surface area is 146 Å². The van der Waals surface area contributed by atoms with Gasteiger partial charge < -0.3 is 20.1 Å². The van der Waals surface area contributed by atoms with Gasteiger partial charge in [0.2, 0.25) is 5.91 Å². The number of carbonyl (C=O) groups is 1. The lowest BCUT2D eigenvalue weighted by molar-refractivity contribution is -0.131. The minimum atomic E-state index is 0.0930. The van der Waals surface area contributed by atoms with Gasteiger partial charge in [-0.1, -0.05) is 15.9 Å². The number of piperidine rings is 1. The van der Waals surface area contributed by atoms with Crippen LogP contribution in [0.25, 0.3) is 0 Å². The maximum absolute atomic E-state index is 12.5. The van der Waals surface area contributed by atoms with Crippen molar-refractivity contribution in [1.29, 1.82) is 0 Å². The molecule has 1 amide bonds. The van der Waals surface area contributed by atoms with Gasteiger partial charge in [0.15, 0.2) is 11.5 Å². The van der Waals surface area contributed by atoms with Crippen LogP contribution < -0.4 is 15.2 Å². The Morgan fingerprint density at radius 1 is 1.30 bits per heavy atom. The molecule has 0 radical (unpaired) electrons. The number of nitrogens with two attached hydrogens (primary N) is 1. The Morgan fingerprint density at radius 2 is 1.96 bits per heavy atom. The van der Waals surface area contributed by atoms with Crippen molar-refractivity contribution in [2.24, 2.45) is 5.73 Å². The van der Waals surface area contributed by atoms with E-state index in [9.17, 15) is 4.79 Å². The van der Waals surface area contributed by atoms with Crippen molar-refractivity contribution < 1.29 is 14.3 Å². The molecule has 1 fully saturated rings. The number of nitrogens with zero attached hydrogens (tertiary/aromatic N) is 1. The summed E-state index contributed by atoms with van der Waals surface area (Å²) in [5, 5.41) is 0. The molecule has 1 aliphatic rings. The number of carbonyl (C=O) groups excluding carboxylic acids is 1. The van der Waals surface area contributed by atoms with Crippen LogP contribution in [0.3, 0.4) is 0 Å². The number of hydrogen-bond donors (Lipinski definition) is 1. The van der Waals surface area contributed by atoms with Gasteiger partial charge in [-0.05, 0) is 44.4 Å². The highest BCUT2D eigenvalue weighted by atomic mass is 79.9. The molecule has 0 spiro atoms. The SMILES string of the molecule is CCOc1cc(Br)c(CC(=O)N2CCCC(N)C2)cc1OCC. The molecule has 2 N–H and O–H groups in total. The van der Waals surface area contributed by atoms with E-state index in [0.29, 0.717) is 37.7 Å². The molecule has 23 heavy (non-hydrogen) atoms. The van der Waals surface area contributed by atoms with E-state index >= 15 is 0 Å². The van der Waals surface area contributed by atoms with Crippen LogP contribution in [0.4, 0.5) is 0 Å². The minimum Gasteiger partial charge on any atom is -0.490 e. The topological polar surface area (TPSA) is 64.8 Å². The van der Waals surface area contributed by atoms with Crippen molar-refractivity contribution in [3.8, 4) is 11.5 Å². The molecule has 2 rings (SSSR count). The van der Waals surface area contributed by atoms with Crippen molar-refractivity contribution in [3.63, 3.8) is 0 Å². The number of amides is 1. The lowest BCUT2D eigenvalue weighted by Crippen LogP contribution is -2.46. The van der Waals surface area contributed by atoms with Gasteiger partial charge in [0.1, 0.15) is 0 Å². The van der Waals surface area contributed by atoms with Crippen molar-refractivity contribution >= 4 is 21.8 Å². The molecule has 1 heterocycles. The molecule has 1 aromatic rings. The predicted molar refractivity (Wildman–Crippen MR) is 94.0 cm³/mol. The monoisotopic (exact) mass is 384 g/mol. The van der Waals surface area contributed by atoms with Crippen LogP contribution in [-0.4, -0.2) is 43.2 Å². The second-order valence-electron chi connectivity index (χ2n) is 5.68. The van der Waals surface area contributed by atoms with Crippen LogP contribution in [0.1, 0.15) is 32.3 Å². The Morgan fingerprint density at radius 3 is 2.57 bits per heavy atom. The fourth-order valence-electron chi connectivity index (χ4n) is 2.76. The Bertz CT molecular complexity index is 551. The molecule has 5 nitrogen and oxygen atoms in total. The van der Waals surface area contributed by atoms with Crippen LogP contribution in [-0.2, 0) is 11.2 Å². The normalized spacial score (nSPS) is 17.9. The maximum Gasteiger partial charge on any atom is 0.227 e. The van der Waals surface area contributed by atoms with Crippen LogP contribution in [0.15, 0.2) is 16.6 Å². The Balaban J connectivity index is 2.15. The number of ether oxygens (including phenoxy) is 2. The third-order valence-electron chi connectivity index (χ3n) is 3.86. The number of rotatable bonds is 6. The average molecular weight is 385 g/mol. The van der Waals surface area contributed by atoms with Gasteiger partial charge >= 0.3 is 0 Å². The number of halogens is 1. The molecule has 1 aromatic carbocycles. The maximum atomic E-state index is 12.5. The van der Waals surface area contributed by atoms with Crippen LogP contribution >= 0.6 is 15.9 Å². The number of hydrogen-bond acceptors (Lipinski definition) is 4. The van der Waals surface area contributed by atoms with Gasteiger partial charge in [0.05, 0.1) is 19.6 Å². The molecular weight excluding hydrogens is 360 g/mol. The fraction of sp³-hybridized carbons (Fsp3) is 0.588. The van der Waals surface area contributed by atoms with Gasteiger partial charge in [-0.2, -0.15) is 0 Å². The van der Waals surface area contributed by atoms with Crippen molar-refractivity contribution in [3.05, 3.63) is 22.2 Å². The molecule has 0 bridgehead atoms. The van der Waals surface area contributed by atoms with Crippen molar-refractivity contribution in [2.75, 3.05) is 26.3 Å². The van der Waals surface area contributed by atoms with E-state index < -0.39 is 0 Å². The van der Waals surface area contributed by atoms with Crippen LogP contribution in [0.5, 0.6) is 11.5 Å². The summed E-state index contributed by atoms with van der Waals surface area (Å²) in [4.78, 5) is 14.4. The quantitative estimate of drug-likeness (QED) is 0.818. The molecule has 1 unspecified atom stereocenters. The summed E-state index contributed by atoms with van der Waals surface area (Å²) in [7, 11) is 0. The average Bonchev–Trinajstić information content (AvgIpc) is 2.52. The zero-order valence-corrected chi connectivity index (χ0v) is 15.4. The third kappa shape index (κ3) is 4.85. The van der Waals surface area contributed by atoms with E-state index in [1.54, 1.807) is 0 Å². The molecule has 1 atom stereocenters. The van der Waals surface area contributed by atoms with E-state index in [0.717, 1.165) is 29.4 Å². The Kier molecular flexibility index (Phi) is 6.72. The fourth-order valence-corrected chi connectivity index (χ4v) is 3.22. The zero-order chi connectivity index (χ0) is 16.8. The largest absolute Gasteiger partial charge is 0.490 e. The first-order chi connectivity index (χ1) is 11.0. The molecule has 128 valence electrons. The molecule has 0 aromatic heterocycles. The van der Waals surface area contributed by atoms with E-state index in [4.69, 9.17) is 15.2 Å². The smallest absolute Gasteiger partial charge is 0.227 e. The van der Waals surface area contributed by atoms with Gasteiger partial charge in [0, 0.05) is 23.6 Å². The summed E-state index contributed by atoms with van der Waals surface area (Å²) >= 11 is 3.54. The Hall–Kier alpha value is -1.27. The summed E-state index contributed by atoms with van der Waals surface area (Å²) in [5.41, 5.74) is 6.87. The first-order valence-electron chi connectivity index (χ1n) is 8.16. The zero-order valence-electron chi connectivity index (χ0n) is 13.8. The highest BCUT2D eigenvalue weighted by Gasteiger charge is 2.22. The molecule has 0 saturated carbocycles. The van der Waals surface area contributed by atoms with E-state index in [1.807, 2.05) is 30.9 Å². The predicted octanol–water partition coefficient (Wildman–Crippen LogP) is 2.74. The second kappa shape index (κ2) is 8.55. The minimum absolute atomic E-state index is 0.0930. The highest BCUT2D eigenvalue weighted by molar-refractivity contribution is 9.10. The summed E-state index contributed by atoms with van der Waals surface area (Å²) in [6.07, 6.45) is 2.30. The lowest BCUT2D eigenvalue weighted by Gasteiger charge is -2.31. The van der Waals surface area contributed by atoms with Crippen molar-refractivity contribution in [2.45, 2.75) is 39.2 Å². The van der Waals surface area contributed by atoms with Crippen LogP contribution in [0, 0.1) is 0 Å². The first-order valence-corrected chi connectivity index (χ1v) is 8.95. The van der Waals surface area contributed by atoms with E-state index in [-0.39, 0.29) is 11.9 Å². The van der Waals surface area contributed by atoms with E-state index in [1.165, 1.54) is 0 Å². The summed E-state index contributed by atoms with van der Waals surface area (Å²) in [6.45, 7) is 6.41. The first kappa shape index (κ1) is 18.1. The number of benzene rings is 1. The molecule has 1 saturated heterocycles. The van der Waals surface area contributed by atoms with E-state index in [2.05, 4.69) is 15.9 Å². The highest BCUT2D eigenvalue weighted by Crippen LogP contribution is 2.34. The van der Waals surface area contributed by atoms with Crippen LogP contribution in [0.2, 0.25) is 0 Å². The summed E-state index contributed by atoms with van der Waals surface area (Å²) in [5.74, 6) is 1.47.